The van der Waals surface area contributed by atoms with E-state index in [-0.39, 0.29) is 25.7 Å². The summed E-state index contributed by atoms with van der Waals surface area (Å²) in [7, 11) is 0. The zero-order valence-corrected chi connectivity index (χ0v) is 15.7. The Morgan fingerprint density at radius 3 is 1.39 bits per heavy atom. The molecule has 0 radical (unpaired) electrons. The van der Waals surface area contributed by atoms with Crippen LogP contribution in [0.15, 0.2) is 0 Å². The van der Waals surface area contributed by atoms with Gasteiger partial charge in [-0.05, 0) is 25.7 Å². The minimum atomic E-state index is -4.86. The third kappa shape index (κ3) is 6.25. The molecule has 0 heterocycles. The fourth-order valence-electron chi connectivity index (χ4n) is 3.95. The van der Waals surface area contributed by atoms with Gasteiger partial charge in [0.25, 0.3) is 0 Å². The van der Waals surface area contributed by atoms with Gasteiger partial charge in [-0.25, -0.2) is 8.78 Å². The van der Waals surface area contributed by atoms with E-state index in [9.17, 15) is 39.3 Å². The topological polar surface area (TPSA) is 35.5 Å². The lowest BCUT2D eigenvalue weighted by molar-refractivity contribution is -0.198. The van der Waals surface area contributed by atoms with Crippen LogP contribution in [0.3, 0.4) is 0 Å². The molecule has 0 aromatic carbocycles. The van der Waals surface area contributed by atoms with E-state index < -0.39 is 72.9 Å². The average molecular weight is 446 g/mol. The number of hydrogen-bond acceptors (Lipinski definition) is 3. The molecule has 2 aliphatic rings. The first-order valence-corrected chi connectivity index (χ1v) is 9.99. The third-order valence-corrected chi connectivity index (χ3v) is 6.16. The Morgan fingerprint density at radius 1 is 0.750 bits per heavy atom. The van der Waals surface area contributed by atoms with E-state index in [0.717, 1.165) is 0 Å². The van der Waals surface area contributed by atoms with Gasteiger partial charge in [0.2, 0.25) is 0 Å². The molecule has 28 heavy (non-hydrogen) atoms. The molecule has 2 fully saturated rings. The third-order valence-electron chi connectivity index (χ3n) is 5.22. The van der Waals surface area contributed by atoms with Crippen molar-refractivity contribution in [3.63, 3.8) is 0 Å². The number of halogens is 8. The summed E-state index contributed by atoms with van der Waals surface area (Å²) in [4.78, 5) is 0. The van der Waals surface area contributed by atoms with Gasteiger partial charge in [0.05, 0.1) is 12.8 Å². The minimum Gasteiger partial charge on any atom is -0.258 e. The first-order valence-electron chi connectivity index (χ1n) is 8.99. The lowest BCUT2D eigenvalue weighted by Crippen LogP contribution is -2.52. The van der Waals surface area contributed by atoms with Gasteiger partial charge in [-0.3, -0.25) is 8.37 Å². The quantitative estimate of drug-likeness (QED) is 0.484. The van der Waals surface area contributed by atoms with Gasteiger partial charge < -0.3 is 0 Å². The van der Waals surface area contributed by atoms with Crippen LogP contribution in [-0.4, -0.2) is 40.1 Å². The molecule has 0 aliphatic heterocycles. The molecule has 166 valence electrons. The zero-order valence-electron chi connectivity index (χ0n) is 14.9. The number of alkyl halides is 8. The summed E-state index contributed by atoms with van der Waals surface area (Å²) in [5.41, 5.74) is -5.05. The smallest absolute Gasteiger partial charge is 0.258 e. The first kappa shape index (κ1) is 23.8. The second-order valence-electron chi connectivity index (χ2n) is 7.51. The van der Waals surface area contributed by atoms with Crippen LogP contribution in [0.4, 0.5) is 35.1 Å². The molecule has 12 heteroatoms. The highest BCUT2D eigenvalue weighted by Gasteiger charge is 2.55. The Hall–Kier alpha value is -0.490. The maximum Gasteiger partial charge on any atom is 0.392 e. The van der Waals surface area contributed by atoms with Gasteiger partial charge in [0.1, 0.15) is 23.5 Å². The van der Waals surface area contributed by atoms with Crippen molar-refractivity contribution in [2.24, 2.45) is 0 Å². The molecule has 0 aromatic heterocycles. The molecule has 2 aliphatic carbocycles. The van der Waals surface area contributed by atoms with Gasteiger partial charge in [-0.2, -0.15) is 30.6 Å². The highest BCUT2D eigenvalue weighted by atomic mass is 32.2. The van der Waals surface area contributed by atoms with Crippen molar-refractivity contribution < 1.29 is 47.7 Å². The molecule has 0 spiro atoms. The highest BCUT2D eigenvalue weighted by Crippen LogP contribution is 2.46. The fourth-order valence-corrected chi connectivity index (χ4v) is 5.02. The normalized spacial score (nSPS) is 36.3. The monoisotopic (exact) mass is 446 g/mol. The summed E-state index contributed by atoms with van der Waals surface area (Å²) in [6.07, 6.45) is -18.0. The van der Waals surface area contributed by atoms with E-state index in [2.05, 4.69) is 0 Å². The van der Waals surface area contributed by atoms with Crippen molar-refractivity contribution in [3.8, 4) is 0 Å². The molecule has 0 N–H and O–H groups in total. The number of hydrogen-bond donors (Lipinski definition) is 0. The van der Waals surface area contributed by atoms with Gasteiger partial charge in [0, 0.05) is 0 Å². The second kappa shape index (κ2) is 8.71. The van der Waals surface area contributed by atoms with E-state index in [0.29, 0.717) is 12.8 Å². The molecule has 0 amide bonds. The zero-order chi connectivity index (χ0) is 21.2. The van der Waals surface area contributed by atoms with E-state index in [1.807, 2.05) is 0 Å². The molecule has 0 aromatic rings. The minimum absolute atomic E-state index is 0.160. The molecule has 2 rings (SSSR count). The summed E-state index contributed by atoms with van der Waals surface area (Å²) in [6.45, 7) is 0. The Kier molecular flexibility index (Phi) is 7.40. The molecule has 2 saturated carbocycles. The highest BCUT2D eigenvalue weighted by molar-refractivity contribution is 7.75. The second-order valence-corrected chi connectivity index (χ2v) is 8.25. The van der Waals surface area contributed by atoms with Crippen LogP contribution in [0.2, 0.25) is 0 Å². The molecular formula is C16H22F8O3S. The fraction of sp³-hybridized carbons (Fsp3) is 1.00. The van der Waals surface area contributed by atoms with Crippen LogP contribution < -0.4 is 0 Å². The van der Waals surface area contributed by atoms with Crippen molar-refractivity contribution in [1.82, 2.24) is 0 Å². The maximum atomic E-state index is 14.3. The van der Waals surface area contributed by atoms with Crippen molar-refractivity contribution in [1.29, 1.82) is 0 Å². The van der Waals surface area contributed by atoms with Gasteiger partial charge in [0.15, 0.2) is 0 Å². The van der Waals surface area contributed by atoms with Gasteiger partial charge >= 0.3 is 23.7 Å². The summed E-state index contributed by atoms with van der Waals surface area (Å²) in [5.74, 6) is 0. The SMILES string of the molecule is O=S(OC1(CC(F)(F)F)CCCCC1F)OC1(CC(F)(F)F)CCCCC1F. The van der Waals surface area contributed by atoms with Crippen LogP contribution >= 0.6 is 0 Å². The molecule has 0 saturated heterocycles. The summed E-state index contributed by atoms with van der Waals surface area (Å²) in [5, 5.41) is 0. The summed E-state index contributed by atoms with van der Waals surface area (Å²) in [6, 6.07) is 0. The Balaban J connectivity index is 2.21. The predicted molar refractivity (Wildman–Crippen MR) is 83.8 cm³/mol. The predicted octanol–water partition coefficient (Wildman–Crippen LogP) is 5.80. The average Bonchev–Trinajstić information content (AvgIpc) is 2.50. The van der Waals surface area contributed by atoms with E-state index >= 15 is 0 Å². The lowest BCUT2D eigenvalue weighted by Gasteiger charge is -2.42. The number of rotatable bonds is 6. The lowest BCUT2D eigenvalue weighted by atomic mass is 9.81. The molecule has 0 bridgehead atoms. The first-order chi connectivity index (χ1) is 12.8. The summed E-state index contributed by atoms with van der Waals surface area (Å²) >= 11 is -3.18. The van der Waals surface area contributed by atoms with Crippen LogP contribution in [-0.2, 0) is 19.7 Å². The van der Waals surface area contributed by atoms with Crippen molar-refractivity contribution in [3.05, 3.63) is 0 Å². The van der Waals surface area contributed by atoms with E-state index in [4.69, 9.17) is 8.37 Å². The van der Waals surface area contributed by atoms with Gasteiger partial charge in [-0.15, -0.1) is 0 Å². The molecule has 4 atom stereocenters. The van der Waals surface area contributed by atoms with Crippen molar-refractivity contribution in [2.75, 3.05) is 0 Å². The van der Waals surface area contributed by atoms with E-state index in [1.165, 1.54) is 0 Å². The van der Waals surface area contributed by atoms with Crippen LogP contribution in [0.1, 0.15) is 64.2 Å². The molecular weight excluding hydrogens is 424 g/mol. The summed E-state index contributed by atoms with van der Waals surface area (Å²) < 4.78 is 128. The Labute approximate surface area is 160 Å². The largest absolute Gasteiger partial charge is 0.392 e. The molecule has 4 unspecified atom stereocenters. The van der Waals surface area contributed by atoms with Gasteiger partial charge in [-0.1, -0.05) is 25.7 Å². The van der Waals surface area contributed by atoms with E-state index in [1.54, 1.807) is 0 Å². The van der Waals surface area contributed by atoms with Crippen molar-refractivity contribution >= 4 is 11.4 Å². The van der Waals surface area contributed by atoms with Crippen LogP contribution in [0, 0.1) is 0 Å². The standard InChI is InChI=1S/C16H22F8O3S/c17-11-5-1-3-7-13(11,9-15(19,20)21)26-28(25)27-14(10-16(22,23)24)8-4-2-6-12(14)18/h11-12H,1-10H2. The molecule has 3 nitrogen and oxygen atoms in total. The van der Waals surface area contributed by atoms with Crippen LogP contribution in [0.5, 0.6) is 0 Å². The van der Waals surface area contributed by atoms with Crippen molar-refractivity contribution in [2.45, 2.75) is 100 Å². The van der Waals surface area contributed by atoms with Crippen LogP contribution in [0.25, 0.3) is 0 Å². The Bertz CT molecular complexity index is 509. The Morgan fingerprint density at radius 2 is 1.11 bits per heavy atom. The maximum absolute atomic E-state index is 14.3.